The van der Waals surface area contributed by atoms with E-state index in [2.05, 4.69) is 323 Å². The Labute approximate surface area is 667 Å². The van der Waals surface area contributed by atoms with Crippen molar-refractivity contribution in [3.8, 4) is 0 Å². The van der Waals surface area contributed by atoms with Gasteiger partial charge in [-0.05, 0) is 298 Å². The fourth-order valence-electron chi connectivity index (χ4n) is 18.7. The van der Waals surface area contributed by atoms with Crippen molar-refractivity contribution < 1.29 is 0 Å². The maximum absolute atomic E-state index is 6.49. The van der Waals surface area contributed by atoms with Crippen LogP contribution in [0.5, 0.6) is 0 Å². The molecule has 0 spiro atoms. The minimum atomic E-state index is 0.633. The van der Waals surface area contributed by atoms with Crippen molar-refractivity contribution in [2.24, 2.45) is 0 Å². The van der Waals surface area contributed by atoms with Crippen molar-refractivity contribution in [1.82, 2.24) is 0 Å². The van der Waals surface area contributed by atoms with Crippen LogP contribution in [-0.4, -0.2) is 0 Å². The molecule has 0 aliphatic heterocycles. The maximum atomic E-state index is 6.49. The second kappa shape index (κ2) is 26.7. The van der Waals surface area contributed by atoms with Crippen LogP contribution >= 0.6 is 0 Å². The normalized spacial score (nSPS) is 11.8. The molecule has 116 heavy (non-hydrogen) atoms. The summed E-state index contributed by atoms with van der Waals surface area (Å²) in [5.74, 6) is 0. The van der Waals surface area contributed by atoms with Crippen molar-refractivity contribution in [2.75, 3.05) is 45.9 Å². The molecule has 25 aromatic carbocycles. The van der Waals surface area contributed by atoms with Crippen LogP contribution in [0.15, 0.2) is 340 Å². The molecule has 0 atom stereocenters. The number of fused-ring (bicyclic) bond motifs is 22. The highest BCUT2D eigenvalue weighted by molar-refractivity contribution is 6.33. The van der Waals surface area contributed by atoms with Crippen LogP contribution < -0.4 is 45.9 Å². The molecule has 0 aromatic heterocycles. The van der Waals surface area contributed by atoms with Crippen LogP contribution in [0.1, 0.15) is 11.1 Å². The molecule has 25 aromatic rings. The van der Waals surface area contributed by atoms with Crippen LogP contribution in [-0.2, 0) is 0 Å². The second-order valence-electron chi connectivity index (χ2n) is 31.2. The Bertz CT molecular complexity index is 8350. The van der Waals surface area contributed by atoms with E-state index in [1.807, 2.05) is 30.3 Å². The van der Waals surface area contributed by atoms with Crippen molar-refractivity contribution in [1.29, 1.82) is 0 Å². The van der Waals surface area contributed by atoms with Gasteiger partial charge < -0.3 is 45.9 Å². The van der Waals surface area contributed by atoms with Gasteiger partial charge in [0.1, 0.15) is 0 Å². The number of rotatable bonds is 0. The molecule has 25 rings (SSSR count). The smallest absolute Gasteiger partial charge is 0.0633 e. The van der Waals surface area contributed by atoms with Crippen molar-refractivity contribution in [2.45, 2.75) is 13.8 Å². The monoisotopic (exact) mass is 1490 g/mol. The lowest BCUT2D eigenvalue weighted by atomic mass is 9.88. The van der Waals surface area contributed by atoms with Crippen molar-refractivity contribution in [3.05, 3.63) is 351 Å². The van der Waals surface area contributed by atoms with E-state index in [0.717, 1.165) is 49.1 Å². The highest BCUT2D eigenvalue weighted by Gasteiger charge is 2.19. The molecule has 0 bridgehead atoms. The van der Waals surface area contributed by atoms with Crippen LogP contribution in [0.3, 0.4) is 0 Å². The van der Waals surface area contributed by atoms with Gasteiger partial charge in [-0.15, -0.1) is 0 Å². The summed E-state index contributed by atoms with van der Waals surface area (Å²) in [4.78, 5) is 0. The first-order chi connectivity index (χ1) is 56.6. The van der Waals surface area contributed by atoms with Gasteiger partial charge in [0.25, 0.3) is 0 Å². The van der Waals surface area contributed by atoms with E-state index in [1.165, 1.54) is 189 Å². The molecule has 16 N–H and O–H groups in total. The first kappa shape index (κ1) is 68.6. The Kier molecular flexibility index (Phi) is 15.8. The number of nitrogen functional groups attached to an aromatic ring is 8. The zero-order valence-corrected chi connectivity index (χ0v) is 64.0. The molecule has 0 amide bonds. The minimum absolute atomic E-state index is 0.633. The maximum Gasteiger partial charge on any atom is 0.0633 e. The highest BCUT2D eigenvalue weighted by Crippen LogP contribution is 2.46. The molecule has 0 unspecified atom stereocenters. The zero-order valence-electron chi connectivity index (χ0n) is 64.0. The Hall–Kier alpha value is -15.4. The lowest BCUT2D eigenvalue weighted by Crippen LogP contribution is -1.95. The summed E-state index contributed by atoms with van der Waals surface area (Å²) in [5, 5.41) is 49.6. The van der Waals surface area contributed by atoms with Gasteiger partial charge in [0, 0.05) is 32.9 Å². The minimum Gasteiger partial charge on any atom is -0.398 e. The van der Waals surface area contributed by atoms with Gasteiger partial charge in [-0.25, -0.2) is 0 Å². The number of hydrogen-bond donors (Lipinski definition) is 8. The summed E-state index contributed by atoms with van der Waals surface area (Å²) in [6.07, 6.45) is 0. The standard InChI is InChI=1S/3C22H16N2.2C21H15N/c23-20-10-9-14-6-8-16-11-18-15(12-19(16)21(14)22(20)24)7-5-13-3-1-2-4-17(13)18;23-21-11-16-8-7-15-9-18-14(10-19(15)20(16)12-22(21)24)6-5-13-3-1-2-4-17(13)18;23-21-10-9-17-18(22(21)24)8-7-15-11-19-14(12-20(15)17)6-5-13-3-1-2-4-16(13)19;1-12-15-8-4-6-13-9-10-17-16-7-3-2-5-14(16)11-18(21(12)22)20(17)19(13)15;1-12-16-8-6-14-10-13-4-2-3-5-17(13)18-9-7-15(11-19(12)22)20(16)21(14)18/h3*1-12H,23-24H2;2*2-11H,22H2,1H3. The predicted molar refractivity (Wildman–Crippen MR) is 509 cm³/mol. The van der Waals surface area contributed by atoms with Gasteiger partial charge in [-0.2, -0.15) is 0 Å². The van der Waals surface area contributed by atoms with E-state index in [9.17, 15) is 0 Å². The van der Waals surface area contributed by atoms with Gasteiger partial charge >= 0.3 is 0 Å². The van der Waals surface area contributed by atoms with Gasteiger partial charge in [0.05, 0.1) is 34.1 Å². The third-order valence-corrected chi connectivity index (χ3v) is 24.7. The molecule has 8 nitrogen and oxygen atoms in total. The number of nitrogens with two attached hydrogens (primary N) is 8. The summed E-state index contributed by atoms with van der Waals surface area (Å²) in [7, 11) is 0. The predicted octanol–water partition coefficient (Wildman–Crippen LogP) is 27.6. The largest absolute Gasteiger partial charge is 0.398 e. The number of hydrogen-bond acceptors (Lipinski definition) is 8. The molecule has 0 radical (unpaired) electrons. The number of anilines is 8. The molecule has 550 valence electrons. The third-order valence-electron chi connectivity index (χ3n) is 24.7. The molecule has 0 saturated heterocycles. The lowest BCUT2D eigenvalue weighted by molar-refractivity contribution is 1.54. The lowest BCUT2D eigenvalue weighted by Gasteiger charge is -2.17. The summed E-state index contributed by atoms with van der Waals surface area (Å²) >= 11 is 0. The van der Waals surface area contributed by atoms with Gasteiger partial charge in [0.15, 0.2) is 0 Å². The second-order valence-corrected chi connectivity index (χ2v) is 31.2. The topological polar surface area (TPSA) is 208 Å². The zero-order chi connectivity index (χ0) is 78.5. The van der Waals surface area contributed by atoms with Crippen LogP contribution in [0.25, 0.3) is 215 Å². The van der Waals surface area contributed by atoms with Gasteiger partial charge in [0.2, 0.25) is 0 Å². The summed E-state index contributed by atoms with van der Waals surface area (Å²) in [5.41, 5.74) is 57.1. The Morgan fingerprint density at radius 1 is 0.129 bits per heavy atom. The van der Waals surface area contributed by atoms with Crippen LogP contribution in [0.4, 0.5) is 45.5 Å². The molecular formula is C108H78N8. The molecule has 0 fully saturated rings. The van der Waals surface area contributed by atoms with E-state index in [0.29, 0.717) is 34.1 Å². The molecule has 0 heterocycles. The third kappa shape index (κ3) is 11.0. The Morgan fingerprint density at radius 2 is 0.422 bits per heavy atom. The molecule has 0 aliphatic carbocycles. The fourth-order valence-corrected chi connectivity index (χ4v) is 18.7. The van der Waals surface area contributed by atoms with E-state index in [-0.39, 0.29) is 0 Å². The average molecular weight is 1490 g/mol. The SMILES string of the molecule is Cc1c(N)c2cc3ccccc3c3ccc4cccc1c4c23.Cc1c(N)cc2ccc3c4ccccc4cc4ccc1c2c43.Nc1cc2ccc3cc4c(ccc5ccccc54)cc3c2cc1N.Nc1ccc2c(ccc3cc4c(ccc5ccccc54)cc32)c1N.Nc1ccc2ccc3cc4c(ccc5ccccc54)cc3c2c1N. The first-order valence-electron chi connectivity index (χ1n) is 39.3. The van der Waals surface area contributed by atoms with Gasteiger partial charge in [-0.3, -0.25) is 0 Å². The number of aryl methyl sites for hydroxylation is 2. The quantitative estimate of drug-likeness (QED) is 0.0415. The molecular weight excluding hydrogens is 1410 g/mol. The molecule has 0 saturated carbocycles. The van der Waals surface area contributed by atoms with Crippen molar-refractivity contribution >= 4 is 261 Å². The van der Waals surface area contributed by atoms with E-state index < -0.39 is 0 Å². The average Bonchev–Trinajstić information content (AvgIpc) is 0.721. The van der Waals surface area contributed by atoms with E-state index >= 15 is 0 Å². The van der Waals surface area contributed by atoms with Crippen LogP contribution in [0.2, 0.25) is 0 Å². The molecule has 8 heteroatoms. The van der Waals surface area contributed by atoms with E-state index in [1.54, 1.807) is 0 Å². The fraction of sp³-hybridized carbons (Fsp3) is 0.0185. The Balaban J connectivity index is 0.0000000906. The van der Waals surface area contributed by atoms with Crippen LogP contribution in [0, 0.1) is 13.8 Å². The summed E-state index contributed by atoms with van der Waals surface area (Å²) in [6.45, 7) is 4.24. The number of benzene rings is 25. The summed E-state index contributed by atoms with van der Waals surface area (Å²) < 4.78 is 0. The summed E-state index contributed by atoms with van der Waals surface area (Å²) in [6, 6.07) is 120. The first-order valence-corrected chi connectivity index (χ1v) is 39.3. The highest BCUT2D eigenvalue weighted by atomic mass is 14.7. The van der Waals surface area contributed by atoms with Crippen molar-refractivity contribution in [3.63, 3.8) is 0 Å². The van der Waals surface area contributed by atoms with E-state index in [4.69, 9.17) is 45.9 Å². The van der Waals surface area contributed by atoms with Gasteiger partial charge in [-0.1, -0.05) is 261 Å². The molecule has 0 aliphatic rings. The Morgan fingerprint density at radius 3 is 1.00 bits per heavy atom.